The van der Waals surface area contributed by atoms with Crippen LogP contribution >= 0.6 is 35.1 Å². The zero-order chi connectivity index (χ0) is 11.3. The first-order chi connectivity index (χ1) is 7.03. The molecule has 15 heavy (non-hydrogen) atoms. The van der Waals surface area contributed by atoms with Crippen molar-refractivity contribution >= 4 is 40.8 Å². The van der Waals surface area contributed by atoms with E-state index in [1.807, 2.05) is 30.3 Å². The maximum absolute atomic E-state index is 13.1. The number of nitrogens with one attached hydrogen (secondary N) is 1. The van der Waals surface area contributed by atoms with E-state index in [2.05, 4.69) is 5.32 Å². The second kappa shape index (κ2) is 5.80. The molecule has 0 saturated carbocycles. The normalized spacial score (nSPS) is 11.5. The summed E-state index contributed by atoms with van der Waals surface area (Å²) in [6.45, 7) is 0.444. The van der Waals surface area contributed by atoms with Crippen molar-refractivity contribution in [2.75, 3.05) is 18.0 Å². The molecule has 0 atom stereocenters. The molecule has 0 radical (unpaired) electrons. The van der Waals surface area contributed by atoms with Crippen LogP contribution in [0.4, 0.5) is 10.1 Å². The van der Waals surface area contributed by atoms with Gasteiger partial charge in [0.15, 0.2) is 0 Å². The van der Waals surface area contributed by atoms with Gasteiger partial charge in [-0.3, -0.25) is 4.31 Å². The molecule has 1 aromatic carbocycles. The molecule has 0 saturated heterocycles. The van der Waals surface area contributed by atoms with Crippen LogP contribution in [0.1, 0.15) is 0 Å². The van der Waals surface area contributed by atoms with E-state index in [4.69, 9.17) is 23.2 Å². The molecule has 0 aromatic heterocycles. The first-order valence-corrected chi connectivity index (χ1v) is 5.79. The summed E-state index contributed by atoms with van der Waals surface area (Å²) in [5, 5.41) is 2.91. The van der Waals surface area contributed by atoms with E-state index < -0.39 is 3.92 Å². The molecule has 1 rings (SSSR count). The van der Waals surface area contributed by atoms with Gasteiger partial charge in [-0.25, -0.2) is 0 Å². The van der Waals surface area contributed by atoms with E-state index >= 15 is 0 Å². The van der Waals surface area contributed by atoms with Gasteiger partial charge in [0, 0.05) is 17.6 Å². The van der Waals surface area contributed by atoms with Crippen molar-refractivity contribution in [1.82, 2.24) is 5.32 Å². The van der Waals surface area contributed by atoms with Crippen LogP contribution in [-0.2, 0) is 0 Å². The van der Waals surface area contributed by atoms with Gasteiger partial charge in [0.2, 0.25) is 0 Å². The molecule has 0 aliphatic heterocycles. The van der Waals surface area contributed by atoms with Crippen LogP contribution in [0.25, 0.3) is 0 Å². The molecular weight excluding hydrogens is 258 g/mol. The Hall–Kier alpha value is -0.160. The van der Waals surface area contributed by atoms with Gasteiger partial charge in [-0.15, -0.1) is 0 Å². The monoisotopic (exact) mass is 268 g/mol. The smallest absolute Gasteiger partial charge is 0.302 e. The lowest BCUT2D eigenvalue weighted by atomic mass is 10.3. The second-order valence-electron chi connectivity index (χ2n) is 2.76. The Balaban J connectivity index is 2.75. The number of alkyl halides is 3. The molecule has 0 fully saturated rings. The minimum absolute atomic E-state index is 0.444. The lowest BCUT2D eigenvalue weighted by molar-refractivity contribution is 0.514. The summed E-state index contributed by atoms with van der Waals surface area (Å²) in [6.07, 6.45) is 0. The van der Waals surface area contributed by atoms with Gasteiger partial charge in [-0.1, -0.05) is 41.4 Å². The van der Waals surface area contributed by atoms with E-state index in [0.717, 1.165) is 5.69 Å². The number of nitrogens with zero attached hydrogens (tertiary/aromatic N) is 1. The Bertz CT molecular complexity index is 292. The number of benzene rings is 1. The van der Waals surface area contributed by atoms with Crippen LogP contribution in [0.15, 0.2) is 30.3 Å². The van der Waals surface area contributed by atoms with Gasteiger partial charge in [0.1, 0.15) is 0 Å². The summed E-state index contributed by atoms with van der Waals surface area (Å²) < 4.78 is 12.4. The fraction of sp³-hybridized carbons (Fsp3) is 0.333. The average molecular weight is 269 g/mol. The third kappa shape index (κ3) is 4.93. The summed E-state index contributed by atoms with van der Waals surface area (Å²) in [6, 6.07) is 9.31. The van der Waals surface area contributed by atoms with Crippen molar-refractivity contribution in [3.63, 3.8) is 0 Å². The molecule has 84 valence electrons. The Labute approximate surface area is 103 Å². The molecular formula is C9H11Cl2FN2S. The summed E-state index contributed by atoms with van der Waals surface area (Å²) in [4.78, 5) is 0. The first kappa shape index (κ1) is 12.9. The van der Waals surface area contributed by atoms with E-state index in [9.17, 15) is 4.39 Å². The van der Waals surface area contributed by atoms with Crippen molar-refractivity contribution in [1.29, 1.82) is 0 Å². The number of hydrogen-bond donors (Lipinski definition) is 1. The summed E-state index contributed by atoms with van der Waals surface area (Å²) >= 11 is 11.3. The highest BCUT2D eigenvalue weighted by molar-refractivity contribution is 8.04. The lowest BCUT2D eigenvalue weighted by Crippen LogP contribution is -2.28. The molecule has 0 bridgehead atoms. The molecule has 0 spiro atoms. The van der Waals surface area contributed by atoms with Crippen molar-refractivity contribution < 1.29 is 4.39 Å². The minimum Gasteiger partial charge on any atom is -0.302 e. The van der Waals surface area contributed by atoms with Gasteiger partial charge in [0.05, 0.1) is 6.67 Å². The average Bonchev–Trinajstić information content (AvgIpc) is 2.17. The fourth-order valence-corrected chi connectivity index (χ4v) is 2.21. The fourth-order valence-electron chi connectivity index (χ4n) is 1.04. The van der Waals surface area contributed by atoms with Gasteiger partial charge in [-0.05, 0) is 19.2 Å². The predicted octanol–water partition coefficient (Wildman–Crippen LogP) is 3.38. The van der Waals surface area contributed by atoms with Crippen molar-refractivity contribution in [2.45, 2.75) is 3.92 Å². The Morgan fingerprint density at radius 2 is 2.00 bits per heavy atom. The summed E-state index contributed by atoms with van der Waals surface area (Å²) in [7, 11) is 1.76. The van der Waals surface area contributed by atoms with Gasteiger partial charge in [-0.2, -0.15) is 4.39 Å². The maximum Gasteiger partial charge on any atom is 0.323 e. The maximum atomic E-state index is 13.1. The van der Waals surface area contributed by atoms with E-state index in [1.54, 1.807) is 11.4 Å². The van der Waals surface area contributed by atoms with E-state index in [0.29, 0.717) is 18.6 Å². The number of halogens is 3. The SMILES string of the molecule is CNCN(SC(F)(Cl)Cl)c1ccccc1. The summed E-state index contributed by atoms with van der Waals surface area (Å²) in [5.74, 6) is 0. The van der Waals surface area contributed by atoms with Crippen LogP contribution in [0.5, 0.6) is 0 Å². The standard InChI is InChI=1S/C9H11Cl2FN2S/c1-13-7-14(15-9(10,11)12)8-5-3-2-4-6-8/h2-6,13H,7H2,1H3. The largest absolute Gasteiger partial charge is 0.323 e. The van der Waals surface area contributed by atoms with Gasteiger partial charge < -0.3 is 5.32 Å². The molecule has 0 heterocycles. The third-order valence-electron chi connectivity index (χ3n) is 1.56. The molecule has 6 heteroatoms. The predicted molar refractivity (Wildman–Crippen MR) is 66.0 cm³/mol. The number of hydrogen-bond acceptors (Lipinski definition) is 3. The highest BCUT2D eigenvalue weighted by Gasteiger charge is 2.27. The Morgan fingerprint density at radius 3 is 2.47 bits per heavy atom. The van der Waals surface area contributed by atoms with Crippen LogP contribution < -0.4 is 9.62 Å². The molecule has 0 aliphatic carbocycles. The van der Waals surface area contributed by atoms with Crippen molar-refractivity contribution in [3.05, 3.63) is 30.3 Å². The molecule has 0 aliphatic rings. The van der Waals surface area contributed by atoms with Crippen LogP contribution in [0.2, 0.25) is 0 Å². The summed E-state index contributed by atoms with van der Waals surface area (Å²) in [5.41, 5.74) is 0.833. The second-order valence-corrected chi connectivity index (χ2v) is 5.63. The first-order valence-electron chi connectivity index (χ1n) is 4.26. The van der Waals surface area contributed by atoms with Gasteiger partial charge >= 0.3 is 3.92 Å². The van der Waals surface area contributed by atoms with Crippen LogP contribution in [0.3, 0.4) is 0 Å². The Kier molecular flexibility index (Phi) is 4.99. The lowest BCUT2D eigenvalue weighted by Gasteiger charge is -2.25. The highest BCUT2D eigenvalue weighted by atomic mass is 35.5. The highest BCUT2D eigenvalue weighted by Crippen LogP contribution is 2.40. The number of para-hydroxylation sites is 1. The molecule has 1 N–H and O–H groups in total. The molecule has 0 unspecified atom stereocenters. The number of rotatable bonds is 5. The topological polar surface area (TPSA) is 15.3 Å². The van der Waals surface area contributed by atoms with Crippen LogP contribution in [-0.4, -0.2) is 17.6 Å². The number of anilines is 1. The third-order valence-corrected chi connectivity index (χ3v) is 2.74. The van der Waals surface area contributed by atoms with Crippen molar-refractivity contribution in [2.24, 2.45) is 0 Å². The quantitative estimate of drug-likeness (QED) is 0.501. The minimum atomic E-state index is -2.33. The molecule has 0 amide bonds. The zero-order valence-corrected chi connectivity index (χ0v) is 10.4. The zero-order valence-electron chi connectivity index (χ0n) is 8.08. The molecule has 1 aromatic rings. The molecule has 2 nitrogen and oxygen atoms in total. The van der Waals surface area contributed by atoms with Crippen molar-refractivity contribution in [3.8, 4) is 0 Å². The van der Waals surface area contributed by atoms with Crippen LogP contribution in [0, 0.1) is 0 Å². The van der Waals surface area contributed by atoms with E-state index in [-0.39, 0.29) is 0 Å². The Morgan fingerprint density at radius 1 is 1.40 bits per heavy atom. The van der Waals surface area contributed by atoms with Gasteiger partial charge in [0.25, 0.3) is 0 Å². The van der Waals surface area contributed by atoms with E-state index in [1.165, 1.54) is 0 Å².